The molecule has 3 rings (SSSR count). The topological polar surface area (TPSA) is 59.5 Å². The van der Waals surface area contributed by atoms with Crippen LogP contribution in [0.25, 0.3) is 0 Å². The van der Waals surface area contributed by atoms with E-state index in [0.717, 1.165) is 10.7 Å². The van der Waals surface area contributed by atoms with E-state index in [9.17, 15) is 8.42 Å². The second kappa shape index (κ2) is 7.85. The van der Waals surface area contributed by atoms with Crippen LogP contribution in [0.4, 0.5) is 0 Å². The summed E-state index contributed by atoms with van der Waals surface area (Å²) in [5.41, 5.74) is 0.824. The van der Waals surface area contributed by atoms with Gasteiger partial charge >= 0.3 is 0 Å². The van der Waals surface area contributed by atoms with Crippen molar-refractivity contribution < 1.29 is 13.2 Å². The molecule has 1 aromatic heterocycles. The molecule has 2 aromatic rings. The lowest BCUT2D eigenvalue weighted by Gasteiger charge is -2.19. The summed E-state index contributed by atoms with van der Waals surface area (Å²) in [5.74, 6) is 1.19. The Bertz CT molecular complexity index is 794. The number of benzene rings is 1. The van der Waals surface area contributed by atoms with Gasteiger partial charge in [-0.25, -0.2) is 13.4 Å². The number of aromatic nitrogens is 1. The molecule has 0 unspecified atom stereocenters. The molecule has 1 fully saturated rings. The zero-order valence-corrected chi connectivity index (χ0v) is 16.3. The number of nitrogens with zero attached hydrogens (tertiary/aromatic N) is 2. The van der Waals surface area contributed by atoms with Gasteiger partial charge in [0.2, 0.25) is 10.0 Å². The summed E-state index contributed by atoms with van der Waals surface area (Å²) in [7, 11) is -0.382. The third-order valence-electron chi connectivity index (χ3n) is 4.68. The van der Waals surface area contributed by atoms with Crippen LogP contribution in [0.2, 0.25) is 0 Å². The number of thiazole rings is 1. The summed E-state index contributed by atoms with van der Waals surface area (Å²) >= 11 is 1.66. The molecular formula is C18H24N2O3S2. The number of hydrogen-bond donors (Lipinski definition) is 0. The van der Waals surface area contributed by atoms with Gasteiger partial charge in [0.25, 0.3) is 0 Å². The van der Waals surface area contributed by atoms with Crippen molar-refractivity contribution in [2.75, 3.05) is 14.2 Å². The Labute approximate surface area is 153 Å². The molecule has 0 atom stereocenters. The average molecular weight is 381 g/mol. The van der Waals surface area contributed by atoms with Crippen LogP contribution in [0.1, 0.15) is 48.7 Å². The van der Waals surface area contributed by atoms with Crippen molar-refractivity contribution in [2.45, 2.75) is 49.5 Å². The molecule has 0 radical (unpaired) electrons. The van der Waals surface area contributed by atoms with Gasteiger partial charge in [0.1, 0.15) is 5.75 Å². The standard InChI is InChI=1S/C18H24N2O3S2/c1-20(25(21,22)17-10-8-16(23-2)9-11-17)12-15-13-24-18(19-15)14-6-4-3-5-7-14/h8-11,13-14H,3-7,12H2,1-2H3. The maximum atomic E-state index is 12.7. The molecule has 25 heavy (non-hydrogen) atoms. The summed E-state index contributed by atoms with van der Waals surface area (Å²) < 4.78 is 31.8. The molecule has 136 valence electrons. The van der Waals surface area contributed by atoms with E-state index in [1.165, 1.54) is 36.4 Å². The molecule has 0 amide bonds. The summed E-state index contributed by atoms with van der Waals surface area (Å²) in [5, 5.41) is 3.15. The molecule has 0 aliphatic heterocycles. The lowest BCUT2D eigenvalue weighted by Crippen LogP contribution is -2.26. The third-order valence-corrected chi connectivity index (χ3v) is 7.55. The number of ether oxygens (including phenoxy) is 1. The fourth-order valence-corrected chi connectivity index (χ4v) is 5.30. The van der Waals surface area contributed by atoms with Gasteiger partial charge in [0, 0.05) is 18.3 Å². The van der Waals surface area contributed by atoms with Crippen LogP contribution < -0.4 is 4.74 Å². The minimum absolute atomic E-state index is 0.263. The molecule has 1 saturated carbocycles. The molecule has 5 nitrogen and oxygen atoms in total. The van der Waals surface area contributed by atoms with E-state index >= 15 is 0 Å². The first-order valence-corrected chi connectivity index (χ1v) is 10.9. The summed E-state index contributed by atoms with van der Waals surface area (Å²) in [4.78, 5) is 4.96. The summed E-state index contributed by atoms with van der Waals surface area (Å²) in [6.07, 6.45) is 6.26. The molecule has 0 bridgehead atoms. The predicted octanol–water partition coefficient (Wildman–Crippen LogP) is 4.02. The highest BCUT2D eigenvalue weighted by Gasteiger charge is 2.23. The predicted molar refractivity (Wildman–Crippen MR) is 99.6 cm³/mol. The Morgan fingerprint density at radius 2 is 1.88 bits per heavy atom. The second-order valence-electron chi connectivity index (χ2n) is 6.45. The van der Waals surface area contributed by atoms with E-state index in [0.29, 0.717) is 11.7 Å². The molecule has 0 spiro atoms. The van der Waals surface area contributed by atoms with Gasteiger partial charge in [-0.3, -0.25) is 0 Å². The molecule has 1 aliphatic rings. The number of sulfonamides is 1. The minimum Gasteiger partial charge on any atom is -0.497 e. The zero-order valence-electron chi connectivity index (χ0n) is 14.6. The maximum absolute atomic E-state index is 12.7. The van der Waals surface area contributed by atoms with Gasteiger partial charge < -0.3 is 4.74 Å². The van der Waals surface area contributed by atoms with Gasteiger partial charge in [-0.1, -0.05) is 19.3 Å². The van der Waals surface area contributed by atoms with Crippen LogP contribution in [-0.2, 0) is 16.6 Å². The van der Waals surface area contributed by atoms with Crippen molar-refractivity contribution in [3.63, 3.8) is 0 Å². The van der Waals surface area contributed by atoms with Gasteiger partial charge in [-0.2, -0.15) is 4.31 Å². The number of rotatable bonds is 6. The van der Waals surface area contributed by atoms with Crippen LogP contribution >= 0.6 is 11.3 Å². The lowest BCUT2D eigenvalue weighted by molar-refractivity contribution is 0.414. The van der Waals surface area contributed by atoms with E-state index in [4.69, 9.17) is 9.72 Å². The lowest BCUT2D eigenvalue weighted by atomic mass is 9.90. The molecule has 7 heteroatoms. The van der Waals surface area contributed by atoms with Gasteiger partial charge in [0.15, 0.2) is 0 Å². The van der Waals surface area contributed by atoms with Crippen LogP contribution in [0.15, 0.2) is 34.5 Å². The van der Waals surface area contributed by atoms with Crippen molar-refractivity contribution >= 4 is 21.4 Å². The molecule has 1 heterocycles. The largest absolute Gasteiger partial charge is 0.497 e. The Balaban J connectivity index is 1.70. The van der Waals surface area contributed by atoms with Gasteiger partial charge in [-0.15, -0.1) is 11.3 Å². The SMILES string of the molecule is COc1ccc(S(=O)(=O)N(C)Cc2csc(C3CCCCC3)n2)cc1. The normalized spacial score (nSPS) is 16.3. The smallest absolute Gasteiger partial charge is 0.243 e. The molecular weight excluding hydrogens is 356 g/mol. The summed E-state index contributed by atoms with van der Waals surface area (Å²) in [6, 6.07) is 6.45. The van der Waals surface area contributed by atoms with Crippen molar-refractivity contribution in [3.05, 3.63) is 40.3 Å². The monoisotopic (exact) mass is 380 g/mol. The van der Waals surface area contributed by atoms with Crippen molar-refractivity contribution in [3.8, 4) is 5.75 Å². The summed E-state index contributed by atoms with van der Waals surface area (Å²) in [6.45, 7) is 0.289. The first kappa shape index (κ1) is 18.4. The third kappa shape index (κ3) is 4.22. The van der Waals surface area contributed by atoms with Crippen LogP contribution in [-0.4, -0.2) is 31.9 Å². The fourth-order valence-electron chi connectivity index (χ4n) is 3.17. The molecule has 0 saturated heterocycles. The van der Waals surface area contributed by atoms with E-state index in [1.54, 1.807) is 49.8 Å². The quantitative estimate of drug-likeness (QED) is 0.759. The van der Waals surface area contributed by atoms with Crippen LogP contribution in [0.3, 0.4) is 0 Å². The fraction of sp³-hybridized carbons (Fsp3) is 0.500. The maximum Gasteiger partial charge on any atom is 0.243 e. The Kier molecular flexibility index (Phi) is 5.76. The van der Waals surface area contributed by atoms with Crippen molar-refractivity contribution in [1.82, 2.24) is 9.29 Å². The Morgan fingerprint density at radius 1 is 1.20 bits per heavy atom. The Morgan fingerprint density at radius 3 is 2.52 bits per heavy atom. The number of hydrogen-bond acceptors (Lipinski definition) is 5. The zero-order chi connectivity index (χ0) is 17.9. The van der Waals surface area contributed by atoms with E-state index < -0.39 is 10.0 Å². The minimum atomic E-state index is -3.54. The second-order valence-corrected chi connectivity index (χ2v) is 9.38. The van der Waals surface area contributed by atoms with Crippen LogP contribution in [0, 0.1) is 0 Å². The number of methoxy groups -OCH3 is 1. The molecule has 1 aliphatic carbocycles. The van der Waals surface area contributed by atoms with Crippen molar-refractivity contribution in [2.24, 2.45) is 0 Å². The molecule has 0 N–H and O–H groups in total. The highest BCUT2D eigenvalue weighted by molar-refractivity contribution is 7.89. The highest BCUT2D eigenvalue weighted by Crippen LogP contribution is 2.34. The first-order chi connectivity index (χ1) is 12.0. The van der Waals surface area contributed by atoms with Crippen molar-refractivity contribution in [1.29, 1.82) is 0 Å². The van der Waals surface area contributed by atoms with Gasteiger partial charge in [-0.05, 0) is 37.1 Å². The Hall–Kier alpha value is -1.44. The molecule has 1 aromatic carbocycles. The average Bonchev–Trinajstić information content (AvgIpc) is 3.11. The van der Waals surface area contributed by atoms with E-state index in [2.05, 4.69) is 0 Å². The van der Waals surface area contributed by atoms with E-state index in [-0.39, 0.29) is 11.4 Å². The van der Waals surface area contributed by atoms with Gasteiger partial charge in [0.05, 0.1) is 29.3 Å². The van der Waals surface area contributed by atoms with E-state index in [1.807, 2.05) is 5.38 Å². The van der Waals surface area contributed by atoms with Crippen LogP contribution in [0.5, 0.6) is 5.75 Å². The highest BCUT2D eigenvalue weighted by atomic mass is 32.2. The first-order valence-electron chi connectivity index (χ1n) is 8.55.